The molecule has 0 N–H and O–H groups in total. The molecule has 1 aliphatic heterocycles. The van der Waals surface area contributed by atoms with E-state index in [0.29, 0.717) is 18.3 Å². The molecule has 1 aromatic heterocycles. The summed E-state index contributed by atoms with van der Waals surface area (Å²) in [5.74, 6) is 0.754. The molecule has 0 amide bonds. The lowest BCUT2D eigenvalue weighted by Gasteiger charge is -2.07. The maximum Gasteiger partial charge on any atom is 0.207 e. The quantitative estimate of drug-likeness (QED) is 0.713. The number of aliphatic imine (C=N–C) groups is 1. The number of furan rings is 1. The number of Topliss-reactive ketones (excluding diaryl/α,β-unsaturated/α-hetero) is 1. The first-order valence-corrected chi connectivity index (χ1v) is 4.85. The van der Waals surface area contributed by atoms with E-state index in [1.165, 1.54) is 6.26 Å². The van der Waals surface area contributed by atoms with E-state index in [1.807, 2.05) is 13.8 Å². The van der Waals surface area contributed by atoms with Crippen molar-refractivity contribution in [3.63, 3.8) is 0 Å². The Labute approximate surface area is 87.9 Å². The second-order valence-electron chi connectivity index (χ2n) is 4.18. The summed E-state index contributed by atoms with van der Waals surface area (Å²) in [6.45, 7) is 4.47. The van der Waals surface area contributed by atoms with Gasteiger partial charge in [0.2, 0.25) is 5.78 Å². The SMILES string of the molecule is CC1(C)COC(CC(=O)c2ccco2)=N1. The fourth-order valence-corrected chi connectivity index (χ4v) is 1.41. The maximum atomic E-state index is 11.6. The van der Waals surface area contributed by atoms with Gasteiger partial charge >= 0.3 is 0 Å². The van der Waals surface area contributed by atoms with Gasteiger partial charge in [-0.1, -0.05) is 0 Å². The summed E-state index contributed by atoms with van der Waals surface area (Å²) in [6.07, 6.45) is 1.66. The van der Waals surface area contributed by atoms with Crippen LogP contribution in [0, 0.1) is 0 Å². The molecule has 0 saturated carbocycles. The fourth-order valence-electron chi connectivity index (χ4n) is 1.41. The van der Waals surface area contributed by atoms with Crippen molar-refractivity contribution in [2.45, 2.75) is 25.8 Å². The molecule has 0 saturated heterocycles. The predicted octanol–water partition coefficient (Wildman–Crippen LogP) is 2.06. The molecule has 4 heteroatoms. The Morgan fingerprint density at radius 3 is 2.93 bits per heavy atom. The number of carbonyl (C=O) groups excluding carboxylic acids is 1. The van der Waals surface area contributed by atoms with Crippen molar-refractivity contribution in [1.82, 2.24) is 0 Å². The third-order valence-corrected chi connectivity index (χ3v) is 2.13. The number of nitrogens with zero attached hydrogens (tertiary/aromatic N) is 1. The molecule has 0 radical (unpaired) electrons. The number of hydrogen-bond acceptors (Lipinski definition) is 4. The van der Waals surface area contributed by atoms with E-state index >= 15 is 0 Å². The average molecular weight is 207 g/mol. The molecule has 2 rings (SSSR count). The zero-order chi connectivity index (χ0) is 10.9. The van der Waals surface area contributed by atoms with Gasteiger partial charge in [0.15, 0.2) is 11.7 Å². The molecule has 1 aromatic rings. The molecule has 0 bridgehead atoms. The Hall–Kier alpha value is -1.58. The van der Waals surface area contributed by atoms with E-state index in [4.69, 9.17) is 9.15 Å². The first-order valence-electron chi connectivity index (χ1n) is 4.85. The predicted molar refractivity (Wildman–Crippen MR) is 55.1 cm³/mol. The highest BCUT2D eigenvalue weighted by molar-refractivity contribution is 6.06. The molecule has 0 fully saturated rings. The smallest absolute Gasteiger partial charge is 0.207 e. The Morgan fingerprint density at radius 1 is 1.60 bits per heavy atom. The Balaban J connectivity index is 2.02. The van der Waals surface area contributed by atoms with Crippen molar-refractivity contribution in [2.75, 3.05) is 6.61 Å². The van der Waals surface area contributed by atoms with Gasteiger partial charge in [0, 0.05) is 0 Å². The Morgan fingerprint density at radius 2 is 2.40 bits per heavy atom. The maximum absolute atomic E-state index is 11.6. The minimum Gasteiger partial charge on any atom is -0.478 e. The number of rotatable bonds is 3. The molecule has 15 heavy (non-hydrogen) atoms. The molecule has 1 aliphatic rings. The normalized spacial score (nSPS) is 18.4. The number of ether oxygens (including phenoxy) is 1. The van der Waals surface area contributed by atoms with Crippen LogP contribution in [-0.4, -0.2) is 23.8 Å². The van der Waals surface area contributed by atoms with Crippen molar-refractivity contribution in [2.24, 2.45) is 4.99 Å². The van der Waals surface area contributed by atoms with Gasteiger partial charge in [0.25, 0.3) is 0 Å². The molecule has 4 nitrogen and oxygen atoms in total. The minimum absolute atomic E-state index is 0.101. The molecule has 0 atom stereocenters. The van der Waals surface area contributed by atoms with Gasteiger partial charge < -0.3 is 9.15 Å². The summed E-state index contributed by atoms with van der Waals surface area (Å²) in [5.41, 5.74) is -0.210. The van der Waals surface area contributed by atoms with Crippen LogP contribution in [0.1, 0.15) is 30.8 Å². The second-order valence-corrected chi connectivity index (χ2v) is 4.18. The van der Waals surface area contributed by atoms with Crippen molar-refractivity contribution in [3.05, 3.63) is 24.2 Å². The van der Waals surface area contributed by atoms with Crippen LogP contribution in [0.25, 0.3) is 0 Å². The first kappa shape index (κ1) is 9.96. The Kier molecular flexibility index (Phi) is 2.34. The molecule has 2 heterocycles. The highest BCUT2D eigenvalue weighted by Crippen LogP contribution is 2.19. The minimum atomic E-state index is -0.210. The standard InChI is InChI=1S/C11H13NO3/c1-11(2)7-15-10(12-11)6-8(13)9-4-3-5-14-9/h3-5H,6-7H2,1-2H3. The van der Waals surface area contributed by atoms with Crippen LogP contribution in [0.2, 0.25) is 0 Å². The highest BCUT2D eigenvalue weighted by Gasteiger charge is 2.27. The highest BCUT2D eigenvalue weighted by atomic mass is 16.5. The molecule has 0 aliphatic carbocycles. The van der Waals surface area contributed by atoms with Gasteiger partial charge in [-0.3, -0.25) is 4.79 Å². The van der Waals surface area contributed by atoms with E-state index in [2.05, 4.69) is 4.99 Å². The molecule has 0 aromatic carbocycles. The lowest BCUT2D eigenvalue weighted by atomic mass is 10.1. The van der Waals surface area contributed by atoms with Crippen molar-refractivity contribution in [3.8, 4) is 0 Å². The van der Waals surface area contributed by atoms with Gasteiger partial charge in [-0.15, -0.1) is 0 Å². The lowest BCUT2D eigenvalue weighted by Crippen LogP contribution is -2.17. The summed E-state index contributed by atoms with van der Waals surface area (Å²) < 4.78 is 10.3. The molecular formula is C11H13NO3. The largest absolute Gasteiger partial charge is 0.478 e. The van der Waals surface area contributed by atoms with E-state index in [1.54, 1.807) is 12.1 Å². The second kappa shape index (κ2) is 3.53. The van der Waals surface area contributed by atoms with Crippen LogP contribution in [0.5, 0.6) is 0 Å². The topological polar surface area (TPSA) is 51.8 Å². The average Bonchev–Trinajstić information content (AvgIpc) is 2.74. The van der Waals surface area contributed by atoms with Crippen LogP contribution in [0.3, 0.4) is 0 Å². The zero-order valence-electron chi connectivity index (χ0n) is 8.82. The van der Waals surface area contributed by atoms with Crippen LogP contribution >= 0.6 is 0 Å². The van der Waals surface area contributed by atoms with Gasteiger partial charge in [0.05, 0.1) is 18.2 Å². The monoisotopic (exact) mass is 207 g/mol. The van der Waals surface area contributed by atoms with Gasteiger partial charge in [0.1, 0.15) is 6.61 Å². The Bertz CT molecular complexity index is 390. The third-order valence-electron chi connectivity index (χ3n) is 2.13. The van der Waals surface area contributed by atoms with Gasteiger partial charge in [-0.25, -0.2) is 4.99 Å². The summed E-state index contributed by atoms with van der Waals surface area (Å²) >= 11 is 0. The van der Waals surface area contributed by atoms with Crippen molar-refractivity contribution >= 4 is 11.7 Å². The van der Waals surface area contributed by atoms with Crippen molar-refractivity contribution < 1.29 is 13.9 Å². The molecule has 80 valence electrons. The van der Waals surface area contributed by atoms with Gasteiger partial charge in [-0.05, 0) is 26.0 Å². The van der Waals surface area contributed by atoms with Crippen LogP contribution < -0.4 is 0 Å². The van der Waals surface area contributed by atoms with E-state index in [-0.39, 0.29) is 17.7 Å². The first-order chi connectivity index (χ1) is 7.07. The van der Waals surface area contributed by atoms with Gasteiger partial charge in [-0.2, -0.15) is 0 Å². The molecule has 0 spiro atoms. The molecule has 0 unspecified atom stereocenters. The van der Waals surface area contributed by atoms with Crippen LogP contribution in [-0.2, 0) is 4.74 Å². The molecular weight excluding hydrogens is 194 g/mol. The number of hydrogen-bond donors (Lipinski definition) is 0. The van der Waals surface area contributed by atoms with E-state index in [9.17, 15) is 4.79 Å². The zero-order valence-corrected chi connectivity index (χ0v) is 8.82. The number of ketones is 1. The summed E-state index contributed by atoms with van der Waals surface area (Å²) in [6, 6.07) is 3.33. The fraction of sp³-hybridized carbons (Fsp3) is 0.455. The number of carbonyl (C=O) groups is 1. The van der Waals surface area contributed by atoms with Crippen LogP contribution in [0.15, 0.2) is 27.8 Å². The summed E-state index contributed by atoms with van der Waals surface area (Å²) in [5, 5.41) is 0. The lowest BCUT2D eigenvalue weighted by molar-refractivity contribution is 0.0967. The van der Waals surface area contributed by atoms with Crippen LogP contribution in [0.4, 0.5) is 0 Å². The van der Waals surface area contributed by atoms with E-state index < -0.39 is 0 Å². The summed E-state index contributed by atoms with van der Waals surface area (Å²) in [4.78, 5) is 15.9. The van der Waals surface area contributed by atoms with Crippen molar-refractivity contribution in [1.29, 1.82) is 0 Å². The third kappa shape index (κ3) is 2.26. The summed E-state index contributed by atoms with van der Waals surface area (Å²) in [7, 11) is 0. The van der Waals surface area contributed by atoms with E-state index in [0.717, 1.165) is 0 Å².